The molecule has 49 heavy (non-hydrogen) atoms. The van der Waals surface area contributed by atoms with Gasteiger partial charge in [-0.1, -0.05) is 98.2 Å². The molecule has 3 aliphatic rings. The van der Waals surface area contributed by atoms with Crippen LogP contribution in [0, 0.1) is 5.92 Å². The Balaban J connectivity index is 0.000000193. The summed E-state index contributed by atoms with van der Waals surface area (Å²) in [6.45, 7) is 7.73. The highest BCUT2D eigenvalue weighted by Crippen LogP contribution is 2.48. The maximum Gasteiger partial charge on any atom is 0.410 e. The van der Waals surface area contributed by atoms with Crippen LogP contribution in [0.1, 0.15) is 94.4 Å². The zero-order valence-electron chi connectivity index (χ0n) is 29.0. The van der Waals surface area contributed by atoms with Gasteiger partial charge in [0, 0.05) is 56.1 Å². The summed E-state index contributed by atoms with van der Waals surface area (Å²) in [4.78, 5) is 29.1. The summed E-state index contributed by atoms with van der Waals surface area (Å²) < 4.78 is 11.9. The molecule has 2 amide bonds. The molecular weight excluding hydrogens is 640 g/mol. The van der Waals surface area contributed by atoms with Crippen LogP contribution in [0.25, 0.3) is 0 Å². The molecule has 264 valence electrons. The van der Waals surface area contributed by atoms with Crippen molar-refractivity contribution in [2.45, 2.75) is 94.9 Å². The van der Waals surface area contributed by atoms with Crippen molar-refractivity contribution < 1.29 is 29.3 Å². The highest BCUT2D eigenvalue weighted by atomic mass is 35.5. The van der Waals surface area contributed by atoms with Gasteiger partial charge in [-0.15, -0.1) is 0 Å². The smallest absolute Gasteiger partial charge is 0.410 e. The average Bonchev–Trinajstić information content (AvgIpc) is 3.92. The molecule has 0 bridgehead atoms. The van der Waals surface area contributed by atoms with Crippen LogP contribution in [-0.4, -0.2) is 70.1 Å². The Labute approximate surface area is 296 Å². The number of halogens is 1. The summed E-state index contributed by atoms with van der Waals surface area (Å²) in [5.41, 5.74) is 2.28. The lowest BCUT2D eigenvalue weighted by molar-refractivity contribution is -0.0894. The van der Waals surface area contributed by atoms with Gasteiger partial charge >= 0.3 is 12.2 Å². The van der Waals surface area contributed by atoms with Crippen molar-refractivity contribution in [3.8, 4) is 0 Å². The number of nitrogens with zero attached hydrogens (tertiary/aromatic N) is 2. The molecule has 2 heterocycles. The topological polar surface area (TPSA) is 99.5 Å². The molecule has 3 fully saturated rings. The van der Waals surface area contributed by atoms with Crippen LogP contribution in [0.15, 0.2) is 84.9 Å². The fourth-order valence-corrected chi connectivity index (χ4v) is 7.52. The third-order valence-electron chi connectivity index (χ3n) is 10.6. The molecule has 3 aromatic carbocycles. The number of rotatable bonds is 12. The van der Waals surface area contributed by atoms with Gasteiger partial charge in [-0.05, 0) is 73.8 Å². The Bertz CT molecular complexity index is 1510. The molecule has 2 N–H and O–H groups in total. The number of hydrogen-bond acceptors (Lipinski definition) is 6. The molecule has 0 spiro atoms. The third kappa shape index (κ3) is 8.59. The highest BCUT2D eigenvalue weighted by Gasteiger charge is 2.50. The fraction of sp³-hybridized carbons (Fsp3) is 0.500. The van der Waals surface area contributed by atoms with Gasteiger partial charge in [0.15, 0.2) is 0 Å². The first-order valence-electron chi connectivity index (χ1n) is 17.7. The monoisotopic (exact) mass is 690 g/mol. The summed E-state index contributed by atoms with van der Waals surface area (Å²) in [7, 11) is 0. The van der Waals surface area contributed by atoms with Gasteiger partial charge in [0.2, 0.25) is 0 Å². The van der Waals surface area contributed by atoms with Crippen LogP contribution in [-0.2, 0) is 15.1 Å². The van der Waals surface area contributed by atoms with Crippen LogP contribution in [0.3, 0.4) is 0 Å². The quantitative estimate of drug-likeness (QED) is 0.198. The predicted octanol–water partition coefficient (Wildman–Crippen LogP) is 8.46. The maximum atomic E-state index is 12.8. The van der Waals surface area contributed by atoms with Crippen molar-refractivity contribution in [3.63, 3.8) is 0 Å². The van der Waals surface area contributed by atoms with E-state index in [1.54, 1.807) is 4.90 Å². The molecular formula is C40H51ClN2O6. The number of hydrogen-bond donors (Lipinski definition) is 2. The number of cyclic esters (lactones) is 2. The van der Waals surface area contributed by atoms with Crippen LogP contribution >= 0.6 is 11.6 Å². The number of aliphatic hydroxyl groups excluding tert-OH is 2. The SMILES string of the molecule is CC(c1ccc(Cl)cc1)N1CCC(CCCO)(C(C)C)OC1=O.O=C1OC(CCCO)(c2ccccc2)CCN1C1CC1c1ccccc1. The molecule has 2 aliphatic heterocycles. The lowest BCUT2D eigenvalue weighted by Crippen LogP contribution is -2.52. The number of ether oxygens (including phenoxy) is 2. The highest BCUT2D eigenvalue weighted by molar-refractivity contribution is 6.30. The van der Waals surface area contributed by atoms with E-state index in [2.05, 4.69) is 38.1 Å². The molecule has 0 aromatic heterocycles. The van der Waals surface area contributed by atoms with Crippen molar-refractivity contribution in [3.05, 3.63) is 107 Å². The van der Waals surface area contributed by atoms with E-state index in [4.69, 9.17) is 26.2 Å². The second-order valence-corrected chi connectivity index (χ2v) is 14.3. The van der Waals surface area contributed by atoms with Gasteiger partial charge in [-0.2, -0.15) is 0 Å². The second-order valence-electron chi connectivity index (χ2n) is 13.9. The summed E-state index contributed by atoms with van der Waals surface area (Å²) in [5, 5.41) is 19.1. The molecule has 2 saturated heterocycles. The Hall–Kier alpha value is -3.59. The third-order valence-corrected chi connectivity index (χ3v) is 10.9. The molecule has 9 heteroatoms. The van der Waals surface area contributed by atoms with E-state index in [1.165, 1.54) is 5.56 Å². The molecule has 8 nitrogen and oxygen atoms in total. The van der Waals surface area contributed by atoms with Crippen LogP contribution in [0.2, 0.25) is 5.02 Å². The van der Waals surface area contributed by atoms with Crippen molar-refractivity contribution in [2.24, 2.45) is 5.92 Å². The normalized spacial score (nSPS) is 25.6. The molecule has 5 unspecified atom stereocenters. The minimum absolute atomic E-state index is 0.0530. The zero-order valence-corrected chi connectivity index (χ0v) is 29.7. The van der Waals surface area contributed by atoms with Crippen molar-refractivity contribution in [2.75, 3.05) is 26.3 Å². The van der Waals surface area contributed by atoms with E-state index in [-0.39, 0.29) is 43.4 Å². The number of amides is 2. The van der Waals surface area contributed by atoms with E-state index in [0.717, 1.165) is 30.4 Å². The lowest BCUT2D eigenvalue weighted by Gasteiger charge is -2.45. The molecule has 1 saturated carbocycles. The van der Waals surface area contributed by atoms with E-state index in [1.807, 2.05) is 72.5 Å². The number of carbonyl (C=O) groups excluding carboxylic acids is 2. The van der Waals surface area contributed by atoms with Crippen molar-refractivity contribution in [1.82, 2.24) is 9.80 Å². The first kappa shape index (κ1) is 36.7. The molecule has 0 radical (unpaired) electrons. The first-order valence-corrected chi connectivity index (χ1v) is 18.1. The standard InChI is InChI=1S/C22H25NO3.C18H26ClNO3/c24-15-7-12-22(18-10-5-2-6-11-18)13-14-23(21(25)26-22)20-16-19(20)17-8-3-1-4-9-17;1-13(2)18(9-4-12-21)10-11-20(17(22)23-18)14(3)15-5-7-16(19)8-6-15/h1-6,8-11,19-20,24H,7,12-16H2;5-8,13-14,21H,4,9-12H2,1-3H3. The maximum absolute atomic E-state index is 12.8. The van der Waals surface area contributed by atoms with E-state index in [9.17, 15) is 14.7 Å². The van der Waals surface area contributed by atoms with Crippen LogP contribution in [0.4, 0.5) is 9.59 Å². The lowest BCUT2D eigenvalue weighted by atomic mass is 9.81. The summed E-state index contributed by atoms with van der Waals surface area (Å²) in [6, 6.07) is 28.1. The Morgan fingerprint density at radius 2 is 1.43 bits per heavy atom. The average molecular weight is 691 g/mol. The first-order chi connectivity index (χ1) is 23.6. The predicted molar refractivity (Wildman–Crippen MR) is 191 cm³/mol. The summed E-state index contributed by atoms with van der Waals surface area (Å²) in [5.74, 6) is 0.649. The Morgan fingerprint density at radius 3 is 2.02 bits per heavy atom. The molecule has 6 rings (SSSR count). The van der Waals surface area contributed by atoms with Crippen LogP contribution in [0.5, 0.6) is 0 Å². The van der Waals surface area contributed by atoms with Gasteiger partial charge in [0.25, 0.3) is 0 Å². The van der Waals surface area contributed by atoms with E-state index < -0.39 is 11.2 Å². The number of aliphatic hydroxyl groups is 2. The minimum atomic E-state index is -0.616. The van der Waals surface area contributed by atoms with Gasteiger partial charge in [-0.25, -0.2) is 9.59 Å². The molecule has 3 aromatic rings. The molecule has 1 aliphatic carbocycles. The van der Waals surface area contributed by atoms with Crippen molar-refractivity contribution >= 4 is 23.8 Å². The summed E-state index contributed by atoms with van der Waals surface area (Å²) >= 11 is 5.93. The van der Waals surface area contributed by atoms with Gasteiger partial charge in [0.1, 0.15) is 11.2 Å². The van der Waals surface area contributed by atoms with Crippen LogP contribution < -0.4 is 0 Å². The number of carbonyl (C=O) groups is 2. The fourth-order valence-electron chi connectivity index (χ4n) is 7.39. The summed E-state index contributed by atoms with van der Waals surface area (Å²) in [6.07, 6.45) is 4.70. The largest absolute Gasteiger partial charge is 0.442 e. The second kappa shape index (κ2) is 16.4. The Morgan fingerprint density at radius 1 is 0.796 bits per heavy atom. The molecule has 5 atom stereocenters. The number of benzene rings is 3. The van der Waals surface area contributed by atoms with E-state index >= 15 is 0 Å². The Kier molecular flexibility index (Phi) is 12.3. The van der Waals surface area contributed by atoms with Gasteiger partial charge in [0.05, 0.1) is 6.04 Å². The van der Waals surface area contributed by atoms with Crippen molar-refractivity contribution in [1.29, 1.82) is 0 Å². The van der Waals surface area contributed by atoms with Gasteiger partial charge in [-0.3, -0.25) is 0 Å². The zero-order chi connectivity index (χ0) is 35.0. The van der Waals surface area contributed by atoms with E-state index in [0.29, 0.717) is 49.7 Å². The van der Waals surface area contributed by atoms with Gasteiger partial charge < -0.3 is 29.5 Å². The minimum Gasteiger partial charge on any atom is -0.442 e.